The summed E-state index contributed by atoms with van der Waals surface area (Å²) in [6.45, 7) is 2.08. The minimum absolute atomic E-state index is 0.287. The van der Waals surface area contributed by atoms with Crippen molar-refractivity contribution >= 4 is 17.3 Å². The van der Waals surface area contributed by atoms with E-state index >= 15 is 0 Å². The summed E-state index contributed by atoms with van der Waals surface area (Å²) in [5, 5.41) is 10.0. The first-order valence-corrected chi connectivity index (χ1v) is 5.07. The SMILES string of the molecule is Cc1ccccc1.O=C1N=NN=C2C=CN=C12. The molecular weight excluding hydrogens is 216 g/mol. The molecule has 84 valence electrons. The van der Waals surface area contributed by atoms with Gasteiger partial charge >= 0.3 is 5.91 Å². The number of amides is 1. The third-order valence-electron chi connectivity index (χ3n) is 2.11. The maximum absolute atomic E-state index is 10.8. The van der Waals surface area contributed by atoms with Crippen molar-refractivity contribution in [2.24, 2.45) is 20.4 Å². The largest absolute Gasteiger partial charge is 0.317 e. The van der Waals surface area contributed by atoms with Gasteiger partial charge in [0.25, 0.3) is 0 Å². The summed E-state index contributed by atoms with van der Waals surface area (Å²) in [7, 11) is 0. The average molecular weight is 226 g/mol. The third kappa shape index (κ3) is 2.78. The summed E-state index contributed by atoms with van der Waals surface area (Å²) in [6.07, 6.45) is 3.12. The molecule has 0 unspecified atom stereocenters. The molecule has 2 aliphatic rings. The van der Waals surface area contributed by atoms with E-state index in [0.717, 1.165) is 0 Å². The lowest BCUT2D eigenvalue weighted by atomic mass is 10.2. The third-order valence-corrected chi connectivity index (χ3v) is 2.11. The van der Waals surface area contributed by atoms with E-state index in [1.807, 2.05) is 18.2 Å². The molecule has 0 bridgehead atoms. The molecule has 0 atom stereocenters. The Labute approximate surface area is 98.3 Å². The minimum Gasteiger partial charge on any atom is -0.263 e. The van der Waals surface area contributed by atoms with Crippen molar-refractivity contribution in [1.82, 2.24) is 0 Å². The zero-order chi connectivity index (χ0) is 12.1. The van der Waals surface area contributed by atoms with E-state index in [1.165, 1.54) is 11.8 Å². The van der Waals surface area contributed by atoms with Gasteiger partial charge < -0.3 is 0 Å². The fourth-order valence-corrected chi connectivity index (χ4v) is 1.27. The predicted molar refractivity (Wildman–Crippen MR) is 65.1 cm³/mol. The molecule has 0 aromatic heterocycles. The normalized spacial score (nSPS) is 15.7. The Morgan fingerprint density at radius 3 is 2.47 bits per heavy atom. The predicted octanol–water partition coefficient (Wildman–Crippen LogP) is 2.30. The first-order chi connectivity index (χ1) is 8.27. The van der Waals surface area contributed by atoms with Crippen molar-refractivity contribution in [3.8, 4) is 0 Å². The Hall–Kier alpha value is -2.43. The summed E-state index contributed by atoms with van der Waals surface area (Å²) in [6, 6.07) is 10.3. The van der Waals surface area contributed by atoms with E-state index in [0.29, 0.717) is 5.71 Å². The Bertz CT molecular complexity index is 535. The Morgan fingerprint density at radius 2 is 1.88 bits per heavy atom. The summed E-state index contributed by atoms with van der Waals surface area (Å²) in [4.78, 5) is 14.5. The van der Waals surface area contributed by atoms with Crippen LogP contribution in [0.3, 0.4) is 0 Å². The molecule has 0 saturated carbocycles. The number of aliphatic imine (C=N–C) groups is 1. The lowest BCUT2D eigenvalue weighted by molar-refractivity contribution is -0.112. The van der Waals surface area contributed by atoms with Crippen molar-refractivity contribution in [3.63, 3.8) is 0 Å². The lowest BCUT2D eigenvalue weighted by Gasteiger charge is -1.96. The van der Waals surface area contributed by atoms with Crippen LogP contribution in [0.2, 0.25) is 0 Å². The molecule has 1 amide bonds. The number of carbonyl (C=O) groups is 1. The number of rotatable bonds is 0. The number of fused-ring (bicyclic) bond motifs is 1. The van der Waals surface area contributed by atoms with Crippen molar-refractivity contribution < 1.29 is 4.79 Å². The number of nitrogens with zero attached hydrogens (tertiary/aromatic N) is 4. The van der Waals surface area contributed by atoms with Crippen molar-refractivity contribution in [3.05, 3.63) is 48.2 Å². The van der Waals surface area contributed by atoms with Gasteiger partial charge in [-0.15, -0.1) is 5.10 Å². The van der Waals surface area contributed by atoms with E-state index < -0.39 is 5.91 Å². The Kier molecular flexibility index (Phi) is 3.30. The van der Waals surface area contributed by atoms with Crippen LogP contribution < -0.4 is 0 Å². The molecule has 2 aliphatic heterocycles. The molecule has 0 fully saturated rings. The maximum Gasteiger partial charge on any atom is 0.317 e. The molecular formula is C12H10N4O. The van der Waals surface area contributed by atoms with Crippen LogP contribution in [0.5, 0.6) is 0 Å². The molecule has 5 nitrogen and oxygen atoms in total. The fourth-order valence-electron chi connectivity index (χ4n) is 1.27. The van der Waals surface area contributed by atoms with Gasteiger partial charge in [0.2, 0.25) is 0 Å². The van der Waals surface area contributed by atoms with Gasteiger partial charge in [0, 0.05) is 6.20 Å². The Morgan fingerprint density at radius 1 is 1.12 bits per heavy atom. The van der Waals surface area contributed by atoms with Gasteiger partial charge in [-0.3, -0.25) is 4.79 Å². The van der Waals surface area contributed by atoms with Gasteiger partial charge in [0.15, 0.2) is 5.71 Å². The molecule has 1 aromatic carbocycles. The lowest BCUT2D eigenvalue weighted by Crippen LogP contribution is -2.20. The highest BCUT2D eigenvalue weighted by atomic mass is 16.2. The number of hydrogen-bond acceptors (Lipinski definition) is 4. The van der Waals surface area contributed by atoms with E-state index in [9.17, 15) is 4.79 Å². The Balaban J connectivity index is 0.000000136. The van der Waals surface area contributed by atoms with E-state index in [1.54, 1.807) is 6.08 Å². The highest BCUT2D eigenvalue weighted by molar-refractivity contribution is 6.70. The highest BCUT2D eigenvalue weighted by Crippen LogP contribution is 2.05. The first kappa shape index (κ1) is 11.1. The van der Waals surface area contributed by atoms with Crippen LogP contribution in [0, 0.1) is 6.92 Å². The van der Waals surface area contributed by atoms with Crippen molar-refractivity contribution in [1.29, 1.82) is 0 Å². The summed E-state index contributed by atoms with van der Waals surface area (Å²) >= 11 is 0. The van der Waals surface area contributed by atoms with Crippen LogP contribution in [0.25, 0.3) is 0 Å². The van der Waals surface area contributed by atoms with Crippen LogP contribution >= 0.6 is 0 Å². The van der Waals surface area contributed by atoms with Gasteiger partial charge in [0.1, 0.15) is 5.71 Å². The number of hydrogen-bond donors (Lipinski definition) is 0. The van der Waals surface area contributed by atoms with Crippen LogP contribution in [-0.4, -0.2) is 17.3 Å². The number of aryl methyl sites for hydroxylation is 1. The summed E-state index contributed by atoms with van der Waals surface area (Å²) in [5.74, 6) is -0.421. The smallest absolute Gasteiger partial charge is 0.263 e. The minimum atomic E-state index is -0.421. The van der Waals surface area contributed by atoms with Gasteiger partial charge in [-0.25, -0.2) is 4.99 Å². The molecule has 0 saturated heterocycles. The van der Waals surface area contributed by atoms with Gasteiger partial charge in [-0.2, -0.15) is 0 Å². The topological polar surface area (TPSA) is 66.5 Å². The molecule has 17 heavy (non-hydrogen) atoms. The summed E-state index contributed by atoms with van der Waals surface area (Å²) in [5.41, 5.74) is 2.11. The zero-order valence-corrected chi connectivity index (χ0v) is 9.24. The number of carbonyl (C=O) groups excluding carboxylic acids is 1. The van der Waals surface area contributed by atoms with E-state index in [4.69, 9.17) is 0 Å². The zero-order valence-electron chi connectivity index (χ0n) is 9.24. The maximum atomic E-state index is 10.8. The second-order valence-electron chi connectivity index (χ2n) is 3.43. The highest BCUT2D eigenvalue weighted by Gasteiger charge is 2.21. The van der Waals surface area contributed by atoms with E-state index in [-0.39, 0.29) is 5.71 Å². The van der Waals surface area contributed by atoms with Crippen LogP contribution in [0.4, 0.5) is 0 Å². The van der Waals surface area contributed by atoms with Crippen molar-refractivity contribution in [2.75, 3.05) is 0 Å². The van der Waals surface area contributed by atoms with Gasteiger partial charge in [-0.05, 0) is 18.2 Å². The molecule has 0 spiro atoms. The van der Waals surface area contributed by atoms with Crippen molar-refractivity contribution in [2.45, 2.75) is 6.92 Å². The first-order valence-electron chi connectivity index (χ1n) is 5.07. The fraction of sp³-hybridized carbons (Fsp3) is 0.0833. The number of allylic oxidation sites excluding steroid dienone is 1. The average Bonchev–Trinajstić information content (AvgIpc) is 2.80. The summed E-state index contributed by atoms with van der Waals surface area (Å²) < 4.78 is 0. The molecule has 1 aromatic rings. The molecule has 2 heterocycles. The second-order valence-corrected chi connectivity index (χ2v) is 3.43. The molecule has 0 N–H and O–H groups in total. The molecule has 5 heteroatoms. The van der Waals surface area contributed by atoms with Crippen LogP contribution in [0.1, 0.15) is 5.56 Å². The molecule has 3 rings (SSSR count). The standard InChI is InChI=1S/C7H8.C5H2N4O/c1-7-5-3-2-4-6-7;10-5-4-3(1-2-6-4)7-9-8-5/h2-6H,1H3;1-2H. The molecule has 0 radical (unpaired) electrons. The van der Waals surface area contributed by atoms with Gasteiger partial charge in [-0.1, -0.05) is 41.0 Å². The molecule has 0 aliphatic carbocycles. The van der Waals surface area contributed by atoms with Crippen LogP contribution in [0.15, 0.2) is 63.0 Å². The monoisotopic (exact) mass is 226 g/mol. The van der Waals surface area contributed by atoms with E-state index in [2.05, 4.69) is 39.5 Å². The number of benzene rings is 1. The second kappa shape index (κ2) is 5.07. The van der Waals surface area contributed by atoms with Gasteiger partial charge in [0.05, 0.1) is 0 Å². The van der Waals surface area contributed by atoms with Crippen LogP contribution in [-0.2, 0) is 4.79 Å². The quantitative estimate of drug-likeness (QED) is 0.669.